The third-order valence-electron chi connectivity index (χ3n) is 5.27. The lowest BCUT2D eigenvalue weighted by Crippen LogP contribution is -2.43. The van der Waals surface area contributed by atoms with E-state index in [4.69, 9.17) is 9.47 Å². The van der Waals surface area contributed by atoms with Gasteiger partial charge in [0.2, 0.25) is 0 Å². The standard InChI is InChI=1S/C23H38N2O3/c1-6-28-23(5,16-18(2)3)22(26)24-20-9-11-21(12-10-20)27-15-14-25-13-7-8-19(4)17-25/h9-12,18-19H,6-8,13-17H2,1-5H3,(H,24,26)/t19-,23+/m1/s1. The van der Waals surface area contributed by atoms with Crippen LogP contribution >= 0.6 is 0 Å². The summed E-state index contributed by atoms with van der Waals surface area (Å²) >= 11 is 0. The first-order chi connectivity index (χ1) is 13.3. The summed E-state index contributed by atoms with van der Waals surface area (Å²) in [6, 6.07) is 7.60. The molecule has 1 fully saturated rings. The second kappa shape index (κ2) is 10.8. The van der Waals surface area contributed by atoms with Gasteiger partial charge >= 0.3 is 0 Å². The number of benzene rings is 1. The minimum atomic E-state index is -0.816. The number of amides is 1. The topological polar surface area (TPSA) is 50.8 Å². The smallest absolute Gasteiger partial charge is 0.256 e. The Balaban J connectivity index is 1.83. The molecule has 5 heteroatoms. The fourth-order valence-electron chi connectivity index (χ4n) is 3.99. The van der Waals surface area contributed by atoms with Crippen LogP contribution in [0.15, 0.2) is 24.3 Å². The van der Waals surface area contributed by atoms with Gasteiger partial charge in [0.05, 0.1) is 0 Å². The van der Waals surface area contributed by atoms with Crippen molar-refractivity contribution in [1.29, 1.82) is 0 Å². The van der Waals surface area contributed by atoms with E-state index in [2.05, 4.69) is 31.0 Å². The molecule has 1 aliphatic rings. The van der Waals surface area contributed by atoms with Crippen molar-refractivity contribution < 1.29 is 14.3 Å². The number of anilines is 1. The van der Waals surface area contributed by atoms with Crippen LogP contribution in [0.25, 0.3) is 0 Å². The van der Waals surface area contributed by atoms with Crippen molar-refractivity contribution >= 4 is 11.6 Å². The summed E-state index contributed by atoms with van der Waals surface area (Å²) in [5, 5.41) is 2.98. The van der Waals surface area contributed by atoms with E-state index in [1.54, 1.807) is 0 Å². The summed E-state index contributed by atoms with van der Waals surface area (Å²) in [5.41, 5.74) is -0.0548. The van der Waals surface area contributed by atoms with Crippen LogP contribution in [0.5, 0.6) is 5.75 Å². The number of hydrogen-bond acceptors (Lipinski definition) is 4. The molecule has 0 aliphatic carbocycles. The number of piperidine rings is 1. The summed E-state index contributed by atoms with van der Waals surface area (Å²) in [6.45, 7) is 14.8. The van der Waals surface area contributed by atoms with Crippen LogP contribution in [0, 0.1) is 11.8 Å². The molecule has 1 aliphatic heterocycles. The molecule has 1 aromatic carbocycles. The second-order valence-electron chi connectivity index (χ2n) is 8.64. The zero-order valence-corrected chi connectivity index (χ0v) is 18.3. The summed E-state index contributed by atoms with van der Waals surface area (Å²) in [7, 11) is 0. The first-order valence-electron chi connectivity index (χ1n) is 10.7. The highest BCUT2D eigenvalue weighted by molar-refractivity contribution is 5.97. The van der Waals surface area contributed by atoms with Crippen LogP contribution < -0.4 is 10.1 Å². The lowest BCUT2D eigenvalue weighted by atomic mass is 9.93. The summed E-state index contributed by atoms with van der Waals surface area (Å²) in [6.07, 6.45) is 3.31. The highest BCUT2D eigenvalue weighted by Gasteiger charge is 2.34. The van der Waals surface area contributed by atoms with E-state index in [-0.39, 0.29) is 5.91 Å². The first kappa shape index (κ1) is 22.7. The highest BCUT2D eigenvalue weighted by atomic mass is 16.5. The molecule has 0 saturated carbocycles. The summed E-state index contributed by atoms with van der Waals surface area (Å²) < 4.78 is 11.7. The molecule has 0 unspecified atom stereocenters. The Morgan fingerprint density at radius 2 is 2.04 bits per heavy atom. The van der Waals surface area contributed by atoms with Gasteiger partial charge in [0, 0.05) is 25.4 Å². The second-order valence-corrected chi connectivity index (χ2v) is 8.64. The molecule has 2 atom stereocenters. The van der Waals surface area contributed by atoms with Crippen LogP contribution in [0.2, 0.25) is 0 Å². The van der Waals surface area contributed by atoms with Gasteiger partial charge in [0.15, 0.2) is 0 Å². The quantitative estimate of drug-likeness (QED) is 0.635. The number of rotatable bonds is 10. The van der Waals surface area contributed by atoms with Crippen molar-refractivity contribution in [3.05, 3.63) is 24.3 Å². The van der Waals surface area contributed by atoms with E-state index in [1.807, 2.05) is 38.1 Å². The largest absolute Gasteiger partial charge is 0.492 e. The van der Waals surface area contributed by atoms with Crippen molar-refractivity contribution in [3.63, 3.8) is 0 Å². The van der Waals surface area contributed by atoms with E-state index in [0.717, 1.165) is 23.9 Å². The van der Waals surface area contributed by atoms with Crippen LogP contribution in [0.3, 0.4) is 0 Å². The number of likely N-dealkylation sites (tertiary alicyclic amines) is 1. The number of carbonyl (C=O) groups is 1. The number of ether oxygens (including phenoxy) is 2. The Bertz CT molecular complexity index is 602. The third kappa shape index (κ3) is 7.10. The van der Waals surface area contributed by atoms with Crippen LogP contribution in [0.4, 0.5) is 5.69 Å². The molecular formula is C23H38N2O3. The van der Waals surface area contributed by atoms with Gasteiger partial charge in [-0.1, -0.05) is 20.8 Å². The first-order valence-corrected chi connectivity index (χ1v) is 10.7. The minimum Gasteiger partial charge on any atom is -0.492 e. The average Bonchev–Trinajstić information content (AvgIpc) is 2.63. The monoisotopic (exact) mass is 390 g/mol. The number of carbonyl (C=O) groups excluding carboxylic acids is 1. The van der Waals surface area contributed by atoms with E-state index >= 15 is 0 Å². The SMILES string of the molecule is CCO[C@@](C)(CC(C)C)C(=O)Nc1ccc(OCCN2CCC[C@@H](C)C2)cc1. The molecule has 1 saturated heterocycles. The molecule has 0 bridgehead atoms. The normalized spacial score (nSPS) is 20.0. The molecule has 1 aromatic rings. The molecule has 2 rings (SSSR count). The fraction of sp³-hybridized carbons (Fsp3) is 0.696. The maximum atomic E-state index is 12.7. The predicted octanol–water partition coefficient (Wildman–Crippen LogP) is 4.58. The van der Waals surface area contributed by atoms with Gasteiger partial charge < -0.3 is 14.8 Å². The summed E-state index contributed by atoms with van der Waals surface area (Å²) in [5.74, 6) is 1.89. The van der Waals surface area contributed by atoms with Crippen molar-refractivity contribution in [2.75, 3.05) is 38.2 Å². The zero-order chi connectivity index (χ0) is 20.6. The zero-order valence-electron chi connectivity index (χ0n) is 18.3. The van der Waals surface area contributed by atoms with Crippen molar-refractivity contribution in [2.45, 2.75) is 59.5 Å². The molecule has 5 nitrogen and oxygen atoms in total. The van der Waals surface area contributed by atoms with E-state index in [1.165, 1.54) is 25.9 Å². The molecule has 0 aromatic heterocycles. The van der Waals surface area contributed by atoms with Crippen LogP contribution in [0.1, 0.15) is 53.9 Å². The Hall–Kier alpha value is -1.59. The van der Waals surface area contributed by atoms with E-state index < -0.39 is 5.60 Å². The van der Waals surface area contributed by atoms with Gasteiger partial charge in [-0.2, -0.15) is 0 Å². The lowest BCUT2D eigenvalue weighted by molar-refractivity contribution is -0.140. The lowest BCUT2D eigenvalue weighted by Gasteiger charge is -2.30. The molecule has 0 radical (unpaired) electrons. The third-order valence-corrected chi connectivity index (χ3v) is 5.27. The Kier molecular flexibility index (Phi) is 8.77. The van der Waals surface area contributed by atoms with E-state index in [9.17, 15) is 4.79 Å². The average molecular weight is 391 g/mol. The molecule has 158 valence electrons. The maximum absolute atomic E-state index is 12.7. The van der Waals surface area contributed by atoms with Gasteiger partial charge in [-0.3, -0.25) is 9.69 Å². The Labute approximate surface area is 170 Å². The van der Waals surface area contributed by atoms with Gasteiger partial charge in [0.25, 0.3) is 5.91 Å². The summed E-state index contributed by atoms with van der Waals surface area (Å²) in [4.78, 5) is 15.2. The van der Waals surface area contributed by atoms with Crippen LogP contribution in [-0.4, -0.2) is 49.3 Å². The molecule has 1 amide bonds. The van der Waals surface area contributed by atoms with Crippen molar-refractivity contribution in [1.82, 2.24) is 4.90 Å². The number of nitrogens with zero attached hydrogens (tertiary/aromatic N) is 1. The maximum Gasteiger partial charge on any atom is 0.256 e. The number of hydrogen-bond donors (Lipinski definition) is 1. The van der Waals surface area contributed by atoms with Crippen molar-refractivity contribution in [2.24, 2.45) is 11.8 Å². The molecule has 28 heavy (non-hydrogen) atoms. The van der Waals surface area contributed by atoms with Crippen molar-refractivity contribution in [3.8, 4) is 5.75 Å². The van der Waals surface area contributed by atoms with Gasteiger partial charge in [0.1, 0.15) is 18.0 Å². The fourth-order valence-corrected chi connectivity index (χ4v) is 3.99. The minimum absolute atomic E-state index is 0.101. The Morgan fingerprint density at radius 3 is 2.64 bits per heavy atom. The van der Waals surface area contributed by atoms with Gasteiger partial charge in [-0.05, 0) is 75.8 Å². The number of nitrogens with one attached hydrogen (secondary N) is 1. The molecule has 0 spiro atoms. The van der Waals surface area contributed by atoms with Gasteiger partial charge in [-0.25, -0.2) is 0 Å². The Morgan fingerprint density at radius 1 is 1.32 bits per heavy atom. The molecular weight excluding hydrogens is 352 g/mol. The van der Waals surface area contributed by atoms with Crippen LogP contribution in [-0.2, 0) is 9.53 Å². The van der Waals surface area contributed by atoms with Gasteiger partial charge in [-0.15, -0.1) is 0 Å². The predicted molar refractivity (Wildman–Crippen MR) is 115 cm³/mol. The molecule has 1 N–H and O–H groups in total. The highest BCUT2D eigenvalue weighted by Crippen LogP contribution is 2.24. The molecule has 1 heterocycles. The van der Waals surface area contributed by atoms with E-state index in [0.29, 0.717) is 25.6 Å².